The third-order valence-electron chi connectivity index (χ3n) is 1.36. The minimum atomic E-state index is -3.36. The van der Waals surface area contributed by atoms with Gasteiger partial charge < -0.3 is 0 Å². The second-order valence-corrected chi connectivity index (χ2v) is 5.46. The minimum absolute atomic E-state index is 0.0600. The van der Waals surface area contributed by atoms with Gasteiger partial charge in [0.1, 0.15) is 0 Å². The van der Waals surface area contributed by atoms with Gasteiger partial charge in [-0.15, -0.1) is 11.3 Å². The summed E-state index contributed by atoms with van der Waals surface area (Å²) in [4.78, 5) is 14.9. The lowest BCUT2D eigenvalue weighted by molar-refractivity contribution is -0.119. The number of amides is 1. The molecular weight excluding hydrogens is 252 g/mol. The molecule has 1 amide bonds. The van der Waals surface area contributed by atoms with Crippen LogP contribution in [0.2, 0.25) is 0 Å². The Morgan fingerprint density at radius 2 is 2.38 bits per heavy atom. The van der Waals surface area contributed by atoms with Crippen LogP contribution in [0, 0.1) is 11.5 Å². The van der Waals surface area contributed by atoms with E-state index >= 15 is 0 Å². The molecule has 0 aliphatic heterocycles. The van der Waals surface area contributed by atoms with Gasteiger partial charge in [-0.3, -0.25) is 14.8 Å². The van der Waals surface area contributed by atoms with Crippen molar-refractivity contribution in [1.29, 1.82) is 5.26 Å². The molecule has 1 heterocycles. The fourth-order valence-corrected chi connectivity index (χ4v) is 2.43. The van der Waals surface area contributed by atoms with Crippen LogP contribution in [-0.2, 0) is 21.2 Å². The van der Waals surface area contributed by atoms with E-state index in [1.165, 1.54) is 6.19 Å². The summed E-state index contributed by atoms with van der Waals surface area (Å²) in [6.45, 7) is 0. The molecule has 7 nitrogen and oxygen atoms in total. The van der Waals surface area contributed by atoms with Gasteiger partial charge in [0.2, 0.25) is 15.9 Å². The monoisotopic (exact) mass is 260 g/mol. The second-order valence-electron chi connectivity index (χ2n) is 2.85. The molecule has 0 fully saturated rings. The first-order chi connectivity index (χ1) is 7.40. The zero-order valence-electron chi connectivity index (χ0n) is 8.22. The maximum Gasteiger partial charge on any atom is 0.239 e. The SMILES string of the molecule is CS(=O)(=O)Nc1nc(CC(=O)NC#N)cs1. The Bertz CT molecular complexity index is 528. The van der Waals surface area contributed by atoms with Crippen LogP contribution in [0.3, 0.4) is 0 Å². The summed E-state index contributed by atoms with van der Waals surface area (Å²) in [6, 6.07) is 0. The van der Waals surface area contributed by atoms with E-state index in [0.29, 0.717) is 5.69 Å². The highest BCUT2D eigenvalue weighted by atomic mass is 32.2. The molecule has 0 unspecified atom stereocenters. The van der Waals surface area contributed by atoms with Crippen molar-refractivity contribution < 1.29 is 13.2 Å². The number of carbonyl (C=O) groups excluding carboxylic acids is 1. The normalized spacial score (nSPS) is 10.5. The minimum Gasteiger partial charge on any atom is -0.274 e. The Labute approximate surface area is 96.2 Å². The van der Waals surface area contributed by atoms with Crippen molar-refractivity contribution in [3.05, 3.63) is 11.1 Å². The highest BCUT2D eigenvalue weighted by Crippen LogP contribution is 2.16. The molecule has 0 atom stereocenters. The fraction of sp³-hybridized carbons (Fsp3) is 0.286. The van der Waals surface area contributed by atoms with Crippen LogP contribution in [-0.4, -0.2) is 25.6 Å². The van der Waals surface area contributed by atoms with Gasteiger partial charge in [-0.1, -0.05) is 0 Å². The van der Waals surface area contributed by atoms with Crippen molar-refractivity contribution in [2.75, 3.05) is 11.0 Å². The van der Waals surface area contributed by atoms with E-state index in [1.807, 2.05) is 5.32 Å². The Morgan fingerprint density at radius 3 is 2.94 bits per heavy atom. The number of sulfonamides is 1. The summed E-state index contributed by atoms with van der Waals surface area (Å²) in [7, 11) is -3.36. The largest absolute Gasteiger partial charge is 0.274 e. The highest BCUT2D eigenvalue weighted by molar-refractivity contribution is 7.92. The van der Waals surface area contributed by atoms with Gasteiger partial charge in [0.05, 0.1) is 18.4 Å². The molecule has 1 rings (SSSR count). The average Bonchev–Trinajstić information content (AvgIpc) is 2.49. The molecule has 1 aromatic heterocycles. The number of anilines is 1. The summed E-state index contributed by atoms with van der Waals surface area (Å²) in [5.41, 5.74) is 0.406. The topological polar surface area (TPSA) is 112 Å². The van der Waals surface area contributed by atoms with Gasteiger partial charge >= 0.3 is 0 Å². The zero-order valence-corrected chi connectivity index (χ0v) is 9.85. The van der Waals surface area contributed by atoms with Gasteiger partial charge in [0.15, 0.2) is 11.3 Å². The number of nitriles is 1. The quantitative estimate of drug-likeness (QED) is 0.568. The molecule has 16 heavy (non-hydrogen) atoms. The molecule has 2 N–H and O–H groups in total. The van der Waals surface area contributed by atoms with Crippen molar-refractivity contribution in [1.82, 2.24) is 10.3 Å². The first-order valence-corrected chi connectivity index (χ1v) is 6.78. The predicted molar refractivity (Wildman–Crippen MR) is 58.0 cm³/mol. The Kier molecular flexibility index (Phi) is 3.81. The second kappa shape index (κ2) is 4.91. The first kappa shape index (κ1) is 12.4. The first-order valence-electron chi connectivity index (χ1n) is 4.01. The third kappa shape index (κ3) is 4.24. The molecule has 9 heteroatoms. The summed E-state index contributed by atoms with van der Waals surface area (Å²) in [5.74, 6) is -0.487. The van der Waals surface area contributed by atoms with Gasteiger partial charge in [0, 0.05) is 5.38 Å². The summed E-state index contributed by atoms with van der Waals surface area (Å²) < 4.78 is 23.9. The number of nitrogens with zero attached hydrogens (tertiary/aromatic N) is 2. The number of thiazole rings is 1. The zero-order chi connectivity index (χ0) is 12.2. The smallest absolute Gasteiger partial charge is 0.239 e. The molecule has 0 aliphatic rings. The molecule has 0 saturated heterocycles. The van der Waals surface area contributed by atoms with Gasteiger partial charge in [0.25, 0.3) is 0 Å². The molecule has 0 aliphatic carbocycles. The summed E-state index contributed by atoms with van der Waals surface area (Å²) >= 11 is 1.07. The average molecular weight is 260 g/mol. The van der Waals surface area contributed by atoms with Crippen molar-refractivity contribution >= 4 is 32.4 Å². The van der Waals surface area contributed by atoms with E-state index in [-0.39, 0.29) is 11.6 Å². The van der Waals surface area contributed by atoms with E-state index < -0.39 is 15.9 Å². The standard InChI is InChI=1S/C7H8N4O3S2/c1-16(13,14)11-7-10-5(3-15-7)2-6(12)9-4-8/h3H,2H2,1H3,(H,9,12)(H,10,11). The molecule has 0 bridgehead atoms. The molecule has 1 aromatic rings. The lowest BCUT2D eigenvalue weighted by Gasteiger charge is -1.96. The number of nitrogens with one attached hydrogen (secondary N) is 2. The van der Waals surface area contributed by atoms with Crippen molar-refractivity contribution in [3.8, 4) is 6.19 Å². The fourth-order valence-electron chi connectivity index (χ4n) is 0.865. The molecular formula is C7H8N4O3S2. The van der Waals surface area contributed by atoms with Crippen LogP contribution in [0.25, 0.3) is 0 Å². The van der Waals surface area contributed by atoms with Crippen LogP contribution >= 0.6 is 11.3 Å². The van der Waals surface area contributed by atoms with Crippen LogP contribution in [0.15, 0.2) is 5.38 Å². The van der Waals surface area contributed by atoms with E-state index in [0.717, 1.165) is 17.6 Å². The number of aromatic nitrogens is 1. The van der Waals surface area contributed by atoms with Crippen molar-refractivity contribution in [2.24, 2.45) is 0 Å². The highest BCUT2D eigenvalue weighted by Gasteiger charge is 2.09. The number of hydrogen-bond donors (Lipinski definition) is 2. The van der Waals surface area contributed by atoms with E-state index in [4.69, 9.17) is 5.26 Å². The number of rotatable bonds is 4. The summed E-state index contributed by atoms with van der Waals surface area (Å²) in [6.07, 6.45) is 2.45. The number of carbonyl (C=O) groups is 1. The lowest BCUT2D eigenvalue weighted by atomic mass is 10.3. The third-order valence-corrected chi connectivity index (χ3v) is 2.86. The van der Waals surface area contributed by atoms with Gasteiger partial charge in [-0.25, -0.2) is 13.4 Å². The van der Waals surface area contributed by atoms with E-state index in [1.54, 1.807) is 5.38 Å². The van der Waals surface area contributed by atoms with Crippen molar-refractivity contribution in [3.63, 3.8) is 0 Å². The maximum atomic E-state index is 11.0. The van der Waals surface area contributed by atoms with Crippen molar-refractivity contribution in [2.45, 2.75) is 6.42 Å². The van der Waals surface area contributed by atoms with Crippen LogP contribution in [0.1, 0.15) is 5.69 Å². The summed E-state index contributed by atoms with van der Waals surface area (Å²) in [5, 5.41) is 11.9. The molecule has 0 spiro atoms. The Hall–Kier alpha value is -1.66. The van der Waals surface area contributed by atoms with E-state index in [9.17, 15) is 13.2 Å². The molecule has 86 valence electrons. The van der Waals surface area contributed by atoms with Gasteiger partial charge in [-0.05, 0) is 0 Å². The number of hydrogen-bond acceptors (Lipinski definition) is 6. The van der Waals surface area contributed by atoms with Gasteiger partial charge in [-0.2, -0.15) is 5.26 Å². The molecule has 0 saturated carbocycles. The van der Waals surface area contributed by atoms with E-state index in [2.05, 4.69) is 9.71 Å². The molecule has 0 radical (unpaired) electrons. The van der Waals surface area contributed by atoms with Crippen LogP contribution in [0.5, 0.6) is 0 Å². The Morgan fingerprint density at radius 1 is 1.69 bits per heavy atom. The van der Waals surface area contributed by atoms with Crippen LogP contribution < -0.4 is 10.0 Å². The lowest BCUT2D eigenvalue weighted by Crippen LogP contribution is -2.19. The molecule has 0 aromatic carbocycles. The Balaban J connectivity index is 2.66. The van der Waals surface area contributed by atoms with Crippen LogP contribution in [0.4, 0.5) is 5.13 Å². The predicted octanol–water partition coefficient (Wildman–Crippen LogP) is -0.346. The maximum absolute atomic E-state index is 11.0.